The number of rotatable bonds is 6. The molecule has 2 rings (SSSR count). The van der Waals surface area contributed by atoms with E-state index in [2.05, 4.69) is 11.9 Å². The number of ether oxygens (including phenoxy) is 1. The number of Topliss-reactive ketones (excluding diaryl/α,β-unsaturated/α-hetero) is 1. The lowest BCUT2D eigenvalue weighted by molar-refractivity contribution is -0.131. The number of carbonyl (C=O) groups excluding carboxylic acids is 2. The van der Waals surface area contributed by atoms with E-state index in [0.717, 1.165) is 38.3 Å². The first-order chi connectivity index (χ1) is 11.1. The maximum atomic E-state index is 12.3. The molecular formula is C18H26N2O3. The van der Waals surface area contributed by atoms with Gasteiger partial charge in [0.05, 0.1) is 6.61 Å². The first-order valence-corrected chi connectivity index (χ1v) is 8.32. The van der Waals surface area contributed by atoms with Crippen LogP contribution in [-0.4, -0.2) is 61.3 Å². The highest BCUT2D eigenvalue weighted by atomic mass is 16.5. The van der Waals surface area contributed by atoms with Crippen molar-refractivity contribution in [1.82, 2.24) is 9.80 Å². The third-order valence-corrected chi connectivity index (χ3v) is 4.13. The fourth-order valence-electron chi connectivity index (χ4n) is 2.72. The predicted molar refractivity (Wildman–Crippen MR) is 89.9 cm³/mol. The van der Waals surface area contributed by atoms with Crippen LogP contribution in [-0.2, 0) is 4.79 Å². The van der Waals surface area contributed by atoms with Crippen molar-refractivity contribution < 1.29 is 14.3 Å². The summed E-state index contributed by atoms with van der Waals surface area (Å²) in [5, 5.41) is 0. The molecule has 1 heterocycles. The Morgan fingerprint density at radius 2 is 1.78 bits per heavy atom. The molecule has 0 aliphatic carbocycles. The van der Waals surface area contributed by atoms with Gasteiger partial charge in [0, 0.05) is 38.0 Å². The van der Waals surface area contributed by atoms with Gasteiger partial charge in [-0.1, -0.05) is 0 Å². The summed E-state index contributed by atoms with van der Waals surface area (Å²) in [7, 11) is 2.07. The monoisotopic (exact) mass is 318 g/mol. The average Bonchev–Trinajstić information content (AvgIpc) is 2.78. The first kappa shape index (κ1) is 17.5. The Balaban J connectivity index is 1.82. The fourth-order valence-corrected chi connectivity index (χ4v) is 2.72. The zero-order valence-electron chi connectivity index (χ0n) is 14.1. The predicted octanol–water partition coefficient (Wildman–Crippen LogP) is 2.21. The van der Waals surface area contributed by atoms with Crippen LogP contribution in [0.15, 0.2) is 24.3 Å². The molecule has 5 heteroatoms. The van der Waals surface area contributed by atoms with Gasteiger partial charge in [-0.25, -0.2) is 0 Å². The van der Waals surface area contributed by atoms with E-state index < -0.39 is 0 Å². The minimum atomic E-state index is 0.00772. The summed E-state index contributed by atoms with van der Waals surface area (Å²) >= 11 is 0. The van der Waals surface area contributed by atoms with E-state index in [1.54, 1.807) is 24.3 Å². The molecule has 23 heavy (non-hydrogen) atoms. The number of nitrogens with zero attached hydrogens (tertiary/aromatic N) is 2. The number of benzene rings is 1. The van der Waals surface area contributed by atoms with E-state index in [0.29, 0.717) is 12.2 Å². The molecule has 0 radical (unpaired) electrons. The molecule has 0 N–H and O–H groups in total. The fraction of sp³-hybridized carbons (Fsp3) is 0.556. The number of likely N-dealkylation sites (N-methyl/N-ethyl adjacent to an activating group) is 1. The molecule has 1 saturated heterocycles. The lowest BCUT2D eigenvalue weighted by Crippen LogP contribution is -2.34. The Kier molecular flexibility index (Phi) is 6.59. The van der Waals surface area contributed by atoms with Crippen molar-refractivity contribution in [2.24, 2.45) is 0 Å². The van der Waals surface area contributed by atoms with Crippen molar-refractivity contribution in [1.29, 1.82) is 0 Å². The number of ketones is 1. The van der Waals surface area contributed by atoms with Crippen LogP contribution in [0.3, 0.4) is 0 Å². The molecule has 1 aliphatic rings. The number of carbonyl (C=O) groups is 2. The smallest absolute Gasteiger partial charge is 0.223 e. The molecule has 1 amide bonds. The van der Waals surface area contributed by atoms with Gasteiger partial charge < -0.3 is 14.5 Å². The SMILES string of the molecule is CCOc1ccc(C(=O)CCC(=O)N2CCCN(C)CC2)cc1. The standard InChI is InChI=1S/C18H26N2O3/c1-3-23-16-7-5-15(6-8-16)17(21)9-10-18(22)20-12-4-11-19(2)13-14-20/h5-8H,3-4,9-14H2,1-2H3. The van der Waals surface area contributed by atoms with E-state index in [1.165, 1.54) is 0 Å². The van der Waals surface area contributed by atoms with Crippen molar-refractivity contribution in [2.45, 2.75) is 26.2 Å². The second-order valence-electron chi connectivity index (χ2n) is 5.92. The Labute approximate surface area is 138 Å². The summed E-state index contributed by atoms with van der Waals surface area (Å²) in [6, 6.07) is 7.11. The van der Waals surface area contributed by atoms with E-state index in [9.17, 15) is 9.59 Å². The Morgan fingerprint density at radius 1 is 1.04 bits per heavy atom. The highest BCUT2D eigenvalue weighted by molar-refractivity contribution is 5.98. The topological polar surface area (TPSA) is 49.9 Å². The molecule has 5 nitrogen and oxygen atoms in total. The van der Waals surface area contributed by atoms with Crippen molar-refractivity contribution in [2.75, 3.05) is 39.8 Å². The van der Waals surface area contributed by atoms with Crippen molar-refractivity contribution in [3.63, 3.8) is 0 Å². The molecule has 1 fully saturated rings. The van der Waals surface area contributed by atoms with Gasteiger partial charge >= 0.3 is 0 Å². The highest BCUT2D eigenvalue weighted by Crippen LogP contribution is 2.14. The second-order valence-corrected chi connectivity index (χ2v) is 5.92. The normalized spacial score (nSPS) is 16.0. The maximum absolute atomic E-state index is 12.3. The van der Waals surface area contributed by atoms with Crippen LogP contribution in [0.2, 0.25) is 0 Å². The lowest BCUT2D eigenvalue weighted by Gasteiger charge is -2.20. The van der Waals surface area contributed by atoms with Gasteiger partial charge in [0.25, 0.3) is 0 Å². The summed E-state index contributed by atoms with van der Waals surface area (Å²) in [5.41, 5.74) is 0.636. The Hall–Kier alpha value is -1.88. The van der Waals surface area contributed by atoms with Gasteiger partial charge in [0.15, 0.2) is 5.78 Å². The van der Waals surface area contributed by atoms with E-state index >= 15 is 0 Å². The minimum Gasteiger partial charge on any atom is -0.494 e. The van der Waals surface area contributed by atoms with Crippen LogP contribution >= 0.6 is 0 Å². The number of hydrogen-bond donors (Lipinski definition) is 0. The zero-order chi connectivity index (χ0) is 16.7. The number of hydrogen-bond acceptors (Lipinski definition) is 4. The second kappa shape index (κ2) is 8.67. The van der Waals surface area contributed by atoms with Crippen LogP contribution in [0, 0.1) is 0 Å². The van der Waals surface area contributed by atoms with Gasteiger partial charge in [-0.15, -0.1) is 0 Å². The maximum Gasteiger partial charge on any atom is 0.223 e. The summed E-state index contributed by atoms with van der Waals surface area (Å²) in [6.07, 6.45) is 1.55. The highest BCUT2D eigenvalue weighted by Gasteiger charge is 2.18. The zero-order valence-corrected chi connectivity index (χ0v) is 14.1. The molecule has 0 unspecified atom stereocenters. The molecule has 0 saturated carbocycles. The number of amides is 1. The summed E-state index contributed by atoms with van der Waals surface area (Å²) in [6.45, 7) is 6.00. The van der Waals surface area contributed by atoms with Gasteiger partial charge in [-0.3, -0.25) is 9.59 Å². The van der Waals surface area contributed by atoms with Crippen LogP contribution in [0.4, 0.5) is 0 Å². The van der Waals surface area contributed by atoms with Crippen LogP contribution in [0.25, 0.3) is 0 Å². The van der Waals surface area contributed by atoms with Crippen LogP contribution < -0.4 is 4.74 Å². The summed E-state index contributed by atoms with van der Waals surface area (Å²) in [5.74, 6) is 0.849. The van der Waals surface area contributed by atoms with E-state index in [1.807, 2.05) is 11.8 Å². The van der Waals surface area contributed by atoms with Crippen LogP contribution in [0.5, 0.6) is 5.75 Å². The average molecular weight is 318 g/mol. The molecule has 1 aliphatic heterocycles. The Bertz CT molecular complexity index is 528. The van der Waals surface area contributed by atoms with E-state index in [4.69, 9.17) is 4.74 Å². The van der Waals surface area contributed by atoms with Crippen molar-refractivity contribution in [3.8, 4) is 5.75 Å². The van der Waals surface area contributed by atoms with Gasteiger partial charge in [-0.05, 0) is 51.2 Å². The van der Waals surface area contributed by atoms with Gasteiger partial charge in [-0.2, -0.15) is 0 Å². The minimum absolute atomic E-state index is 0.00772. The quantitative estimate of drug-likeness (QED) is 0.755. The summed E-state index contributed by atoms with van der Waals surface area (Å²) < 4.78 is 5.36. The van der Waals surface area contributed by atoms with Gasteiger partial charge in [0.2, 0.25) is 5.91 Å². The van der Waals surface area contributed by atoms with Gasteiger partial charge in [0.1, 0.15) is 5.75 Å². The molecule has 0 aromatic heterocycles. The molecule has 0 spiro atoms. The first-order valence-electron chi connectivity index (χ1n) is 8.32. The third kappa shape index (κ3) is 5.36. The van der Waals surface area contributed by atoms with E-state index in [-0.39, 0.29) is 24.5 Å². The molecule has 0 bridgehead atoms. The third-order valence-electron chi connectivity index (χ3n) is 4.13. The molecule has 0 atom stereocenters. The van der Waals surface area contributed by atoms with Crippen LogP contribution in [0.1, 0.15) is 36.5 Å². The molecule has 1 aromatic carbocycles. The van der Waals surface area contributed by atoms with Crippen molar-refractivity contribution in [3.05, 3.63) is 29.8 Å². The lowest BCUT2D eigenvalue weighted by atomic mass is 10.1. The summed E-state index contributed by atoms with van der Waals surface area (Å²) in [4.78, 5) is 28.6. The van der Waals surface area contributed by atoms with Crippen molar-refractivity contribution >= 4 is 11.7 Å². The largest absolute Gasteiger partial charge is 0.494 e. The molecule has 1 aromatic rings. The molecule has 126 valence electrons. The molecular weight excluding hydrogens is 292 g/mol. The Morgan fingerprint density at radius 3 is 2.48 bits per heavy atom.